The van der Waals surface area contributed by atoms with Gasteiger partial charge in [-0.1, -0.05) is 43.3 Å². The van der Waals surface area contributed by atoms with E-state index >= 15 is 0 Å². The first kappa shape index (κ1) is 18.1. The molecule has 0 amide bonds. The minimum atomic E-state index is -3.31. The smallest absolute Gasteiger partial charge is 0.243 e. The Hall–Kier alpha value is -1.69. The first-order chi connectivity index (χ1) is 12.1. The van der Waals surface area contributed by atoms with E-state index in [0.717, 1.165) is 37.9 Å². The molecule has 4 nitrogen and oxygen atoms in total. The van der Waals surface area contributed by atoms with Gasteiger partial charge < -0.3 is 5.32 Å². The molecular formula is C20H26N2O2S. The van der Waals surface area contributed by atoms with Crippen molar-refractivity contribution in [2.24, 2.45) is 0 Å². The summed E-state index contributed by atoms with van der Waals surface area (Å²) in [5.74, 6) is 0. The maximum absolute atomic E-state index is 12.5. The average Bonchev–Trinajstić information content (AvgIpc) is 3.18. The molecule has 1 fully saturated rings. The van der Waals surface area contributed by atoms with E-state index in [4.69, 9.17) is 0 Å². The molecule has 0 bridgehead atoms. The van der Waals surface area contributed by atoms with Crippen LogP contribution in [0.25, 0.3) is 0 Å². The summed E-state index contributed by atoms with van der Waals surface area (Å²) in [7, 11) is -3.31. The minimum absolute atomic E-state index is 0.397. The van der Waals surface area contributed by atoms with Gasteiger partial charge in [0.2, 0.25) is 10.0 Å². The Labute approximate surface area is 150 Å². The van der Waals surface area contributed by atoms with Gasteiger partial charge in [-0.3, -0.25) is 0 Å². The molecule has 1 aliphatic heterocycles. The van der Waals surface area contributed by atoms with E-state index in [1.54, 1.807) is 16.4 Å². The predicted molar refractivity (Wildman–Crippen MR) is 101 cm³/mol. The molecule has 3 rings (SSSR count). The van der Waals surface area contributed by atoms with Crippen LogP contribution in [0.15, 0.2) is 53.4 Å². The fourth-order valence-corrected chi connectivity index (χ4v) is 4.62. The second kappa shape index (κ2) is 8.13. The van der Waals surface area contributed by atoms with Crippen molar-refractivity contribution in [1.29, 1.82) is 0 Å². The summed E-state index contributed by atoms with van der Waals surface area (Å²) < 4.78 is 26.6. The van der Waals surface area contributed by atoms with Gasteiger partial charge in [0.05, 0.1) is 4.90 Å². The van der Waals surface area contributed by atoms with Crippen molar-refractivity contribution in [1.82, 2.24) is 9.62 Å². The summed E-state index contributed by atoms with van der Waals surface area (Å²) in [4.78, 5) is 0.397. The summed E-state index contributed by atoms with van der Waals surface area (Å²) in [5, 5.41) is 3.41. The second-order valence-electron chi connectivity index (χ2n) is 6.53. The van der Waals surface area contributed by atoms with E-state index < -0.39 is 10.0 Å². The van der Waals surface area contributed by atoms with Crippen molar-refractivity contribution in [3.05, 3.63) is 65.2 Å². The van der Waals surface area contributed by atoms with Crippen LogP contribution >= 0.6 is 0 Å². The van der Waals surface area contributed by atoms with Crippen LogP contribution in [0.5, 0.6) is 0 Å². The molecule has 0 radical (unpaired) electrons. The van der Waals surface area contributed by atoms with Crippen LogP contribution in [-0.2, 0) is 29.5 Å². The molecule has 134 valence electrons. The van der Waals surface area contributed by atoms with Gasteiger partial charge in [0.25, 0.3) is 0 Å². The van der Waals surface area contributed by atoms with Gasteiger partial charge in [0, 0.05) is 26.2 Å². The lowest BCUT2D eigenvalue weighted by Gasteiger charge is -2.15. The number of sulfonamides is 1. The highest BCUT2D eigenvalue weighted by Gasteiger charge is 2.26. The Balaban J connectivity index is 1.55. The summed E-state index contributed by atoms with van der Waals surface area (Å²) in [6.07, 6.45) is 2.97. The lowest BCUT2D eigenvalue weighted by atomic mass is 10.1. The predicted octanol–water partition coefficient (Wildman–Crippen LogP) is 3.32. The normalized spacial score (nSPS) is 15.6. The van der Waals surface area contributed by atoms with Crippen molar-refractivity contribution in [2.75, 3.05) is 13.1 Å². The number of hydrogen-bond donors (Lipinski definition) is 1. The molecule has 0 aromatic heterocycles. The standard InChI is InChI=1S/C20H26N2O2S/c1-2-17-5-7-18(8-6-17)15-21-16-19-9-11-20(12-10-19)25(23,24)22-13-3-4-14-22/h5-12,21H,2-4,13-16H2,1H3. The zero-order valence-electron chi connectivity index (χ0n) is 14.7. The zero-order valence-corrected chi connectivity index (χ0v) is 15.6. The molecule has 1 aliphatic rings. The van der Waals surface area contributed by atoms with Crippen molar-refractivity contribution in [3.63, 3.8) is 0 Å². The molecule has 2 aromatic carbocycles. The van der Waals surface area contributed by atoms with E-state index in [1.165, 1.54) is 11.1 Å². The van der Waals surface area contributed by atoms with Crippen LogP contribution in [0, 0.1) is 0 Å². The minimum Gasteiger partial charge on any atom is -0.309 e. The van der Waals surface area contributed by atoms with E-state index in [9.17, 15) is 8.42 Å². The molecular weight excluding hydrogens is 332 g/mol. The number of hydrogen-bond acceptors (Lipinski definition) is 3. The van der Waals surface area contributed by atoms with Crippen LogP contribution in [0.2, 0.25) is 0 Å². The van der Waals surface area contributed by atoms with Crippen molar-refractivity contribution < 1.29 is 8.42 Å². The van der Waals surface area contributed by atoms with Crippen molar-refractivity contribution in [2.45, 2.75) is 44.2 Å². The molecule has 0 saturated carbocycles. The van der Waals surface area contributed by atoms with Gasteiger partial charge in [0.1, 0.15) is 0 Å². The monoisotopic (exact) mass is 358 g/mol. The Morgan fingerprint density at radius 3 is 1.84 bits per heavy atom. The largest absolute Gasteiger partial charge is 0.309 e. The summed E-state index contributed by atoms with van der Waals surface area (Å²) in [6, 6.07) is 15.9. The third kappa shape index (κ3) is 4.48. The fourth-order valence-electron chi connectivity index (χ4n) is 3.10. The number of benzene rings is 2. The van der Waals surface area contributed by atoms with Crippen molar-refractivity contribution >= 4 is 10.0 Å². The Bertz CT molecular complexity index is 777. The third-order valence-electron chi connectivity index (χ3n) is 4.72. The molecule has 0 spiro atoms. The zero-order chi connectivity index (χ0) is 17.7. The second-order valence-corrected chi connectivity index (χ2v) is 8.47. The molecule has 5 heteroatoms. The quantitative estimate of drug-likeness (QED) is 0.826. The van der Waals surface area contributed by atoms with Crippen LogP contribution in [0.3, 0.4) is 0 Å². The molecule has 2 aromatic rings. The first-order valence-corrected chi connectivity index (χ1v) is 10.4. The fraction of sp³-hybridized carbons (Fsp3) is 0.400. The van der Waals surface area contributed by atoms with Crippen molar-refractivity contribution in [3.8, 4) is 0 Å². The highest BCUT2D eigenvalue weighted by atomic mass is 32.2. The molecule has 1 heterocycles. The topological polar surface area (TPSA) is 49.4 Å². The highest BCUT2D eigenvalue weighted by Crippen LogP contribution is 2.21. The van der Waals surface area contributed by atoms with Gasteiger partial charge in [-0.25, -0.2) is 8.42 Å². The van der Waals surface area contributed by atoms with Gasteiger partial charge in [-0.05, 0) is 48.1 Å². The summed E-state index contributed by atoms with van der Waals surface area (Å²) in [6.45, 7) is 4.96. The molecule has 1 saturated heterocycles. The van der Waals surface area contributed by atoms with Crippen LogP contribution in [-0.4, -0.2) is 25.8 Å². The first-order valence-electron chi connectivity index (χ1n) is 8.97. The Morgan fingerprint density at radius 1 is 0.840 bits per heavy atom. The lowest BCUT2D eigenvalue weighted by Crippen LogP contribution is -2.27. The van der Waals surface area contributed by atoms with E-state index in [-0.39, 0.29) is 0 Å². The van der Waals surface area contributed by atoms with Gasteiger partial charge >= 0.3 is 0 Å². The summed E-state index contributed by atoms with van der Waals surface area (Å²) >= 11 is 0. The Morgan fingerprint density at radius 2 is 1.32 bits per heavy atom. The van der Waals surface area contributed by atoms with Crippen LogP contribution < -0.4 is 5.32 Å². The number of rotatable bonds is 7. The third-order valence-corrected chi connectivity index (χ3v) is 6.63. The van der Waals surface area contributed by atoms with E-state index in [1.807, 2.05) is 12.1 Å². The molecule has 0 atom stereocenters. The average molecular weight is 359 g/mol. The van der Waals surface area contributed by atoms with Crippen LogP contribution in [0.4, 0.5) is 0 Å². The molecule has 0 aliphatic carbocycles. The van der Waals surface area contributed by atoms with Gasteiger partial charge in [0.15, 0.2) is 0 Å². The van der Waals surface area contributed by atoms with E-state index in [2.05, 4.69) is 36.5 Å². The van der Waals surface area contributed by atoms with Gasteiger partial charge in [-0.2, -0.15) is 4.31 Å². The molecule has 1 N–H and O–H groups in total. The highest BCUT2D eigenvalue weighted by molar-refractivity contribution is 7.89. The van der Waals surface area contributed by atoms with Gasteiger partial charge in [-0.15, -0.1) is 0 Å². The Kier molecular flexibility index (Phi) is 5.89. The SMILES string of the molecule is CCc1ccc(CNCc2ccc(S(=O)(=O)N3CCCC3)cc2)cc1. The number of nitrogens with zero attached hydrogens (tertiary/aromatic N) is 1. The van der Waals surface area contributed by atoms with E-state index in [0.29, 0.717) is 18.0 Å². The molecule has 0 unspecified atom stereocenters. The maximum Gasteiger partial charge on any atom is 0.243 e. The number of aryl methyl sites for hydroxylation is 1. The molecule has 25 heavy (non-hydrogen) atoms. The summed E-state index contributed by atoms with van der Waals surface area (Å²) in [5.41, 5.74) is 3.69. The van der Waals surface area contributed by atoms with Crippen LogP contribution in [0.1, 0.15) is 36.5 Å². The number of nitrogens with one attached hydrogen (secondary N) is 1. The lowest BCUT2D eigenvalue weighted by molar-refractivity contribution is 0.477. The maximum atomic E-state index is 12.5.